The summed E-state index contributed by atoms with van der Waals surface area (Å²) in [7, 11) is 0. The van der Waals surface area contributed by atoms with Crippen molar-refractivity contribution < 1.29 is 4.79 Å². The predicted octanol–water partition coefficient (Wildman–Crippen LogP) is 4.22. The van der Waals surface area contributed by atoms with Crippen LogP contribution < -0.4 is 10.6 Å². The summed E-state index contributed by atoms with van der Waals surface area (Å²) in [6.07, 6.45) is 9.96. The van der Waals surface area contributed by atoms with E-state index in [0.29, 0.717) is 6.42 Å². The van der Waals surface area contributed by atoms with Gasteiger partial charge in [-0.25, -0.2) is 4.68 Å². The van der Waals surface area contributed by atoms with Gasteiger partial charge in [-0.3, -0.25) is 4.79 Å². The minimum Gasteiger partial charge on any atom is -0.378 e. The summed E-state index contributed by atoms with van der Waals surface area (Å²) in [6.45, 7) is 0. The van der Waals surface area contributed by atoms with E-state index in [9.17, 15) is 4.79 Å². The van der Waals surface area contributed by atoms with Crippen LogP contribution in [0.5, 0.6) is 0 Å². The molecule has 7 heteroatoms. The Labute approximate surface area is 187 Å². The Morgan fingerprint density at radius 2 is 1.59 bits per heavy atom. The predicted molar refractivity (Wildman–Crippen MR) is 122 cm³/mol. The summed E-state index contributed by atoms with van der Waals surface area (Å²) in [4.78, 5) is 12.8. The van der Waals surface area contributed by atoms with E-state index >= 15 is 0 Å². The van der Waals surface area contributed by atoms with Crippen molar-refractivity contribution in [2.75, 3.05) is 10.6 Å². The fourth-order valence-corrected chi connectivity index (χ4v) is 6.68. The molecule has 4 fully saturated rings. The second-order valence-corrected chi connectivity index (χ2v) is 10.0. The van der Waals surface area contributed by atoms with Crippen LogP contribution in [0.1, 0.15) is 44.1 Å². The van der Waals surface area contributed by atoms with E-state index in [1.807, 2.05) is 36.4 Å². The number of rotatable bonds is 6. The largest absolute Gasteiger partial charge is 0.378 e. The first-order chi connectivity index (χ1) is 15.6. The van der Waals surface area contributed by atoms with Crippen molar-refractivity contribution in [1.82, 2.24) is 20.2 Å². The van der Waals surface area contributed by atoms with Crippen LogP contribution in [0, 0.1) is 17.8 Å². The first-order valence-corrected chi connectivity index (χ1v) is 11.6. The number of carbonyl (C=O) groups excluding carboxylic acids is 1. The maximum Gasteiger partial charge on any atom is 0.228 e. The van der Waals surface area contributed by atoms with Crippen molar-refractivity contribution in [3.8, 4) is 5.69 Å². The van der Waals surface area contributed by atoms with Crippen LogP contribution in [0.2, 0.25) is 0 Å². The number of amides is 1. The van der Waals surface area contributed by atoms with Crippen molar-refractivity contribution >= 4 is 17.3 Å². The summed E-state index contributed by atoms with van der Waals surface area (Å²) >= 11 is 0. The average Bonchev–Trinajstić information content (AvgIpc) is 3.29. The topological polar surface area (TPSA) is 84.7 Å². The molecule has 32 heavy (non-hydrogen) atoms. The van der Waals surface area contributed by atoms with Gasteiger partial charge in [0.05, 0.1) is 23.5 Å². The molecule has 7 nitrogen and oxygen atoms in total. The van der Waals surface area contributed by atoms with Gasteiger partial charge in [0.1, 0.15) is 6.33 Å². The molecule has 1 amide bonds. The molecule has 4 aliphatic carbocycles. The lowest BCUT2D eigenvalue weighted by Gasteiger charge is -2.57. The smallest absolute Gasteiger partial charge is 0.228 e. The van der Waals surface area contributed by atoms with Crippen molar-refractivity contribution in [2.45, 2.75) is 50.5 Å². The van der Waals surface area contributed by atoms with Gasteiger partial charge in [0.15, 0.2) is 0 Å². The zero-order valence-electron chi connectivity index (χ0n) is 18.1. The highest BCUT2D eigenvalue weighted by molar-refractivity contribution is 5.95. The molecule has 4 bridgehead atoms. The number of carbonyl (C=O) groups is 1. The Morgan fingerprint density at radius 3 is 2.22 bits per heavy atom. The Hall–Kier alpha value is -3.22. The van der Waals surface area contributed by atoms with Crippen LogP contribution in [-0.4, -0.2) is 31.7 Å². The van der Waals surface area contributed by atoms with Crippen LogP contribution in [0.15, 0.2) is 54.9 Å². The highest BCUT2D eigenvalue weighted by Gasteiger charge is 2.51. The Balaban J connectivity index is 1.14. The number of hydrogen-bond donors (Lipinski definition) is 2. The van der Waals surface area contributed by atoms with E-state index < -0.39 is 0 Å². The van der Waals surface area contributed by atoms with Crippen LogP contribution >= 0.6 is 0 Å². The van der Waals surface area contributed by atoms with Crippen molar-refractivity contribution in [3.05, 3.63) is 60.4 Å². The minimum atomic E-state index is -0.0139. The first-order valence-electron chi connectivity index (χ1n) is 11.6. The molecule has 2 aromatic carbocycles. The number of anilines is 2. The molecule has 4 saturated carbocycles. The van der Waals surface area contributed by atoms with Gasteiger partial charge in [0.25, 0.3) is 0 Å². The molecule has 0 unspecified atom stereocenters. The summed E-state index contributed by atoms with van der Waals surface area (Å²) in [5.41, 5.74) is 3.95. The molecule has 1 heterocycles. The molecule has 0 spiro atoms. The number of aromatic nitrogens is 4. The molecule has 0 saturated heterocycles. The van der Waals surface area contributed by atoms with Gasteiger partial charge in [-0.1, -0.05) is 24.3 Å². The van der Waals surface area contributed by atoms with E-state index in [0.717, 1.165) is 40.4 Å². The number of nitrogens with zero attached hydrogens (tertiary/aromatic N) is 4. The molecule has 3 aromatic rings. The lowest BCUT2D eigenvalue weighted by Crippen LogP contribution is -2.54. The molecular weight excluding hydrogens is 400 g/mol. The van der Waals surface area contributed by atoms with E-state index in [1.165, 1.54) is 38.5 Å². The lowest BCUT2D eigenvalue weighted by molar-refractivity contribution is -0.115. The summed E-state index contributed by atoms with van der Waals surface area (Å²) in [6, 6.07) is 15.9. The third-order valence-electron chi connectivity index (χ3n) is 7.55. The standard InChI is InChI=1S/C25H28N6O/c32-24(12-17-5-7-21(8-6-17)31-16-26-29-30-31)27-22-3-1-2-4-23(22)28-25-13-18-9-19(14-25)11-20(10-18)15-25/h1-8,16,18-20,28H,9-15H2,(H,27,32). The molecular formula is C25H28N6O. The summed E-state index contributed by atoms with van der Waals surface area (Å²) in [5, 5.41) is 18.3. The Bertz CT molecular complexity index is 1070. The van der Waals surface area contributed by atoms with Crippen molar-refractivity contribution in [1.29, 1.82) is 0 Å². The number of hydrogen-bond acceptors (Lipinski definition) is 5. The monoisotopic (exact) mass is 428 g/mol. The number of tetrazole rings is 1. The van der Waals surface area contributed by atoms with Crippen LogP contribution in [0.4, 0.5) is 11.4 Å². The summed E-state index contributed by atoms with van der Waals surface area (Å²) in [5.74, 6) is 2.63. The van der Waals surface area contributed by atoms with Crippen LogP contribution in [-0.2, 0) is 11.2 Å². The van der Waals surface area contributed by atoms with E-state index in [1.54, 1.807) is 11.0 Å². The van der Waals surface area contributed by atoms with Gasteiger partial charge in [-0.2, -0.15) is 0 Å². The minimum absolute atomic E-state index is 0.0139. The molecule has 2 N–H and O–H groups in total. The maximum absolute atomic E-state index is 12.8. The fraction of sp³-hybridized carbons (Fsp3) is 0.440. The fourth-order valence-electron chi connectivity index (χ4n) is 6.68. The maximum atomic E-state index is 12.8. The highest BCUT2D eigenvalue weighted by Crippen LogP contribution is 2.56. The van der Waals surface area contributed by atoms with E-state index in [2.05, 4.69) is 38.3 Å². The molecule has 1 aromatic heterocycles. The number of benzene rings is 2. The van der Waals surface area contributed by atoms with E-state index in [4.69, 9.17) is 0 Å². The summed E-state index contributed by atoms with van der Waals surface area (Å²) < 4.78 is 1.59. The van der Waals surface area contributed by atoms with Gasteiger partial charge < -0.3 is 10.6 Å². The van der Waals surface area contributed by atoms with Crippen molar-refractivity contribution in [3.63, 3.8) is 0 Å². The zero-order chi connectivity index (χ0) is 21.5. The zero-order valence-corrected chi connectivity index (χ0v) is 18.1. The Kier molecular flexibility index (Phi) is 4.70. The van der Waals surface area contributed by atoms with Gasteiger partial charge in [0.2, 0.25) is 5.91 Å². The first kappa shape index (κ1) is 19.5. The second kappa shape index (κ2) is 7.73. The molecule has 164 valence electrons. The molecule has 0 radical (unpaired) electrons. The van der Waals surface area contributed by atoms with Crippen LogP contribution in [0.3, 0.4) is 0 Å². The normalized spacial score (nSPS) is 27.9. The average molecular weight is 429 g/mol. The molecule has 0 aliphatic heterocycles. The van der Waals surface area contributed by atoms with Gasteiger partial charge >= 0.3 is 0 Å². The second-order valence-electron chi connectivity index (χ2n) is 10.0. The number of nitrogens with one attached hydrogen (secondary N) is 2. The molecule has 4 aliphatic rings. The SMILES string of the molecule is O=C(Cc1ccc(-n2cnnn2)cc1)Nc1ccccc1NC12CC3CC(CC(C3)C1)C2. The Morgan fingerprint density at radius 1 is 0.938 bits per heavy atom. The third kappa shape index (κ3) is 3.76. The quantitative estimate of drug-likeness (QED) is 0.614. The number of para-hydroxylation sites is 2. The van der Waals surface area contributed by atoms with Crippen molar-refractivity contribution in [2.24, 2.45) is 17.8 Å². The molecule has 7 rings (SSSR count). The highest BCUT2D eigenvalue weighted by atomic mass is 16.1. The van der Waals surface area contributed by atoms with Gasteiger partial charge in [-0.15, -0.1) is 5.10 Å². The van der Waals surface area contributed by atoms with Crippen LogP contribution in [0.25, 0.3) is 5.69 Å². The van der Waals surface area contributed by atoms with Gasteiger partial charge in [-0.05, 0) is 96.5 Å². The lowest BCUT2D eigenvalue weighted by atomic mass is 9.53. The molecule has 0 atom stereocenters. The van der Waals surface area contributed by atoms with Gasteiger partial charge in [0, 0.05) is 5.54 Å². The third-order valence-corrected chi connectivity index (χ3v) is 7.55. The van der Waals surface area contributed by atoms with E-state index in [-0.39, 0.29) is 11.4 Å².